The van der Waals surface area contributed by atoms with E-state index >= 15 is 0 Å². The van der Waals surface area contributed by atoms with Gasteiger partial charge in [0.15, 0.2) is 0 Å². The SMILES string of the molecule is CNc1nnc(CN2CC(C)C(N(C)C)C2)s1. The molecule has 17 heavy (non-hydrogen) atoms. The molecule has 2 atom stereocenters. The number of nitrogens with one attached hydrogen (secondary N) is 1. The summed E-state index contributed by atoms with van der Waals surface area (Å²) in [6.45, 7) is 5.53. The summed E-state index contributed by atoms with van der Waals surface area (Å²) in [5.41, 5.74) is 0. The first-order valence-corrected chi connectivity index (χ1v) is 6.80. The van der Waals surface area contributed by atoms with Crippen molar-refractivity contribution >= 4 is 16.5 Å². The van der Waals surface area contributed by atoms with Crippen LogP contribution in [-0.2, 0) is 6.54 Å². The zero-order chi connectivity index (χ0) is 12.4. The summed E-state index contributed by atoms with van der Waals surface area (Å²) in [4.78, 5) is 4.79. The molecule has 1 aliphatic rings. The highest BCUT2D eigenvalue weighted by molar-refractivity contribution is 7.15. The molecule has 1 N–H and O–H groups in total. The summed E-state index contributed by atoms with van der Waals surface area (Å²) >= 11 is 1.64. The van der Waals surface area contributed by atoms with Gasteiger partial charge in [0.25, 0.3) is 0 Å². The van der Waals surface area contributed by atoms with Gasteiger partial charge in [-0.3, -0.25) is 4.90 Å². The Morgan fingerprint density at radius 3 is 2.71 bits per heavy atom. The summed E-state index contributed by atoms with van der Waals surface area (Å²) in [5.74, 6) is 0.724. The molecular formula is C11H21N5S. The highest BCUT2D eigenvalue weighted by Gasteiger charge is 2.31. The average Bonchev–Trinajstić information content (AvgIpc) is 2.85. The van der Waals surface area contributed by atoms with E-state index in [-0.39, 0.29) is 0 Å². The molecule has 1 fully saturated rings. The Bertz CT molecular complexity index is 364. The van der Waals surface area contributed by atoms with Crippen molar-refractivity contribution in [2.24, 2.45) is 5.92 Å². The van der Waals surface area contributed by atoms with Crippen molar-refractivity contribution in [3.8, 4) is 0 Å². The van der Waals surface area contributed by atoms with Gasteiger partial charge in [-0.1, -0.05) is 18.3 Å². The third-order valence-corrected chi connectivity index (χ3v) is 4.28. The lowest BCUT2D eigenvalue weighted by molar-refractivity contribution is 0.250. The van der Waals surface area contributed by atoms with Crippen molar-refractivity contribution in [2.75, 3.05) is 39.5 Å². The largest absolute Gasteiger partial charge is 0.363 e. The number of rotatable bonds is 4. The second kappa shape index (κ2) is 5.29. The van der Waals surface area contributed by atoms with Crippen LogP contribution < -0.4 is 5.32 Å². The van der Waals surface area contributed by atoms with E-state index in [4.69, 9.17) is 0 Å². The molecular weight excluding hydrogens is 234 g/mol. The van der Waals surface area contributed by atoms with E-state index < -0.39 is 0 Å². The molecule has 0 radical (unpaired) electrons. The van der Waals surface area contributed by atoms with Crippen LogP contribution in [0.3, 0.4) is 0 Å². The fraction of sp³-hybridized carbons (Fsp3) is 0.818. The monoisotopic (exact) mass is 255 g/mol. The fourth-order valence-corrected chi connectivity index (χ4v) is 3.19. The van der Waals surface area contributed by atoms with E-state index in [9.17, 15) is 0 Å². The lowest BCUT2D eigenvalue weighted by Gasteiger charge is -2.22. The van der Waals surface area contributed by atoms with Crippen LogP contribution in [-0.4, -0.2) is 60.3 Å². The zero-order valence-corrected chi connectivity index (χ0v) is 11.8. The number of aromatic nitrogens is 2. The average molecular weight is 255 g/mol. The Labute approximate surface area is 107 Å². The van der Waals surface area contributed by atoms with Crippen LogP contribution in [0.15, 0.2) is 0 Å². The quantitative estimate of drug-likeness (QED) is 0.868. The second-order valence-electron chi connectivity index (χ2n) is 4.95. The lowest BCUT2D eigenvalue weighted by atomic mass is 10.1. The number of hydrogen-bond acceptors (Lipinski definition) is 6. The first-order chi connectivity index (χ1) is 8.10. The first kappa shape index (κ1) is 12.7. The number of anilines is 1. The summed E-state index contributed by atoms with van der Waals surface area (Å²) in [5, 5.41) is 13.3. The third-order valence-electron chi connectivity index (χ3n) is 3.35. The maximum atomic E-state index is 4.20. The molecule has 1 saturated heterocycles. The molecule has 1 aromatic heterocycles. The van der Waals surface area contributed by atoms with Gasteiger partial charge in [-0.25, -0.2) is 0 Å². The number of likely N-dealkylation sites (N-methyl/N-ethyl adjacent to an activating group) is 1. The summed E-state index contributed by atoms with van der Waals surface area (Å²) in [6.07, 6.45) is 0. The van der Waals surface area contributed by atoms with Gasteiger partial charge >= 0.3 is 0 Å². The Morgan fingerprint density at radius 2 is 2.18 bits per heavy atom. The van der Waals surface area contributed by atoms with Crippen molar-refractivity contribution < 1.29 is 0 Å². The summed E-state index contributed by atoms with van der Waals surface area (Å²) < 4.78 is 0. The molecule has 0 saturated carbocycles. The molecule has 0 bridgehead atoms. The van der Waals surface area contributed by atoms with E-state index in [1.165, 1.54) is 0 Å². The van der Waals surface area contributed by atoms with E-state index in [2.05, 4.69) is 46.3 Å². The van der Waals surface area contributed by atoms with Crippen LogP contribution >= 0.6 is 11.3 Å². The van der Waals surface area contributed by atoms with Crippen molar-refractivity contribution in [3.63, 3.8) is 0 Å². The predicted molar refractivity (Wildman–Crippen MR) is 71.4 cm³/mol. The third kappa shape index (κ3) is 2.94. The van der Waals surface area contributed by atoms with Gasteiger partial charge in [-0.15, -0.1) is 10.2 Å². The maximum Gasteiger partial charge on any atom is 0.205 e. The summed E-state index contributed by atoms with van der Waals surface area (Å²) in [7, 11) is 6.20. The minimum absolute atomic E-state index is 0.659. The minimum Gasteiger partial charge on any atom is -0.363 e. The first-order valence-electron chi connectivity index (χ1n) is 5.99. The van der Waals surface area contributed by atoms with Gasteiger partial charge in [0.1, 0.15) is 5.01 Å². The molecule has 2 rings (SSSR count). The highest BCUT2D eigenvalue weighted by atomic mass is 32.1. The molecule has 0 spiro atoms. The van der Waals surface area contributed by atoms with Crippen LogP contribution in [0.25, 0.3) is 0 Å². The van der Waals surface area contributed by atoms with Crippen LogP contribution in [0.5, 0.6) is 0 Å². The van der Waals surface area contributed by atoms with E-state index in [1.54, 1.807) is 11.3 Å². The molecule has 5 nitrogen and oxygen atoms in total. The molecule has 0 aliphatic carbocycles. The van der Waals surface area contributed by atoms with Crippen LogP contribution in [0.1, 0.15) is 11.9 Å². The van der Waals surface area contributed by atoms with Gasteiger partial charge in [0.05, 0.1) is 6.54 Å². The fourth-order valence-electron chi connectivity index (χ4n) is 2.46. The van der Waals surface area contributed by atoms with Crippen molar-refractivity contribution in [3.05, 3.63) is 5.01 Å². The maximum absolute atomic E-state index is 4.20. The van der Waals surface area contributed by atoms with E-state index in [0.717, 1.165) is 35.7 Å². The number of hydrogen-bond donors (Lipinski definition) is 1. The Balaban J connectivity index is 1.92. The second-order valence-corrected chi connectivity index (χ2v) is 6.02. The number of likely N-dealkylation sites (tertiary alicyclic amines) is 1. The molecule has 2 heterocycles. The Kier molecular flexibility index (Phi) is 3.96. The van der Waals surface area contributed by atoms with Crippen molar-refractivity contribution in [1.29, 1.82) is 0 Å². The summed E-state index contributed by atoms with van der Waals surface area (Å²) in [6, 6.07) is 0.659. The van der Waals surface area contributed by atoms with Crippen LogP contribution in [0.2, 0.25) is 0 Å². The van der Waals surface area contributed by atoms with E-state index in [1.807, 2.05) is 7.05 Å². The topological polar surface area (TPSA) is 44.3 Å². The lowest BCUT2D eigenvalue weighted by Crippen LogP contribution is -2.34. The van der Waals surface area contributed by atoms with Gasteiger partial charge in [-0.05, 0) is 20.0 Å². The standard InChI is InChI=1S/C11H21N5S/c1-8-5-16(6-9(8)15(3)4)7-10-13-14-11(12-2)17-10/h8-9H,5-7H2,1-4H3,(H,12,14). The van der Waals surface area contributed by atoms with Crippen LogP contribution in [0.4, 0.5) is 5.13 Å². The zero-order valence-electron chi connectivity index (χ0n) is 11.0. The minimum atomic E-state index is 0.659. The smallest absolute Gasteiger partial charge is 0.205 e. The van der Waals surface area contributed by atoms with E-state index in [0.29, 0.717) is 6.04 Å². The molecule has 0 aromatic carbocycles. The molecule has 6 heteroatoms. The van der Waals surface area contributed by atoms with Gasteiger partial charge < -0.3 is 10.2 Å². The normalized spacial score (nSPS) is 25.7. The van der Waals surface area contributed by atoms with Crippen molar-refractivity contribution in [1.82, 2.24) is 20.0 Å². The van der Waals surface area contributed by atoms with Gasteiger partial charge in [0, 0.05) is 26.2 Å². The van der Waals surface area contributed by atoms with Crippen LogP contribution in [0, 0.1) is 5.92 Å². The Morgan fingerprint density at radius 1 is 1.41 bits per heavy atom. The highest BCUT2D eigenvalue weighted by Crippen LogP contribution is 2.23. The van der Waals surface area contributed by atoms with Gasteiger partial charge in [0.2, 0.25) is 5.13 Å². The van der Waals surface area contributed by atoms with Gasteiger partial charge in [-0.2, -0.15) is 0 Å². The molecule has 1 aliphatic heterocycles. The molecule has 0 amide bonds. The van der Waals surface area contributed by atoms with Crippen molar-refractivity contribution in [2.45, 2.75) is 19.5 Å². The molecule has 96 valence electrons. The molecule has 1 aromatic rings. The molecule has 2 unspecified atom stereocenters. The predicted octanol–water partition coefficient (Wildman–Crippen LogP) is 0.962. The Hall–Kier alpha value is -0.720. The number of nitrogens with zero attached hydrogens (tertiary/aromatic N) is 4.